The van der Waals surface area contributed by atoms with Crippen LogP contribution in [0.5, 0.6) is 0 Å². The first-order chi connectivity index (χ1) is 13.5. The Balaban J connectivity index is 1.94. The van der Waals surface area contributed by atoms with Crippen molar-refractivity contribution in [2.24, 2.45) is 11.1 Å². The fraction of sp³-hybridized carbons (Fsp3) is 0.682. The quantitative estimate of drug-likeness (QED) is 0.765. The Morgan fingerprint density at radius 1 is 1.10 bits per heavy atom. The summed E-state index contributed by atoms with van der Waals surface area (Å²) < 4.78 is 15.5. The topological polar surface area (TPSA) is 81.7 Å². The van der Waals surface area contributed by atoms with Crippen LogP contribution in [0, 0.1) is 11.2 Å². The second-order valence-electron chi connectivity index (χ2n) is 10.3. The highest BCUT2D eigenvalue weighted by Crippen LogP contribution is 2.34. The third-order valence-electron chi connectivity index (χ3n) is 5.67. The van der Waals surface area contributed by atoms with E-state index in [1.54, 1.807) is 0 Å². The Hall–Kier alpha value is -1.86. The van der Waals surface area contributed by atoms with Crippen molar-refractivity contribution >= 4 is 0 Å². The van der Waals surface area contributed by atoms with Crippen molar-refractivity contribution in [1.82, 2.24) is 25.5 Å². The fourth-order valence-electron chi connectivity index (χ4n) is 4.67. The molecular weight excluding hydrogens is 367 g/mol. The maximum atomic E-state index is 13.6. The molecule has 1 unspecified atom stereocenters. The molecule has 1 aromatic heterocycles. The van der Waals surface area contributed by atoms with Crippen LogP contribution in [0.1, 0.15) is 84.2 Å². The Labute approximate surface area is 173 Å². The smallest absolute Gasteiger partial charge is 0.173 e. The summed E-state index contributed by atoms with van der Waals surface area (Å²) in [5.41, 5.74) is 6.92. The first-order valence-electron chi connectivity index (χ1n) is 10.6. The largest absolute Gasteiger partial charge is 0.328 e. The molecule has 2 aromatic rings. The number of nitrogens with zero attached hydrogens (tertiary/aromatic N) is 4. The molecule has 160 valence electrons. The zero-order valence-corrected chi connectivity index (χ0v) is 18.3. The lowest BCUT2D eigenvalue weighted by molar-refractivity contribution is 0.186. The van der Waals surface area contributed by atoms with Crippen LogP contribution < -0.4 is 11.1 Å². The van der Waals surface area contributed by atoms with E-state index in [1.807, 2.05) is 16.8 Å². The molecule has 0 amide bonds. The average Bonchev–Trinajstić information content (AvgIpc) is 3.11. The number of rotatable bonds is 6. The summed E-state index contributed by atoms with van der Waals surface area (Å²) in [7, 11) is 0. The molecule has 0 aliphatic heterocycles. The van der Waals surface area contributed by atoms with Gasteiger partial charge in [0.1, 0.15) is 5.82 Å². The molecule has 0 bridgehead atoms. The number of hydrogen-bond donors (Lipinski definition) is 2. The van der Waals surface area contributed by atoms with E-state index in [0.29, 0.717) is 6.04 Å². The molecule has 6 nitrogen and oxygen atoms in total. The molecule has 1 aromatic carbocycles. The normalized spacial score (nSPS) is 21.9. The van der Waals surface area contributed by atoms with Crippen molar-refractivity contribution in [3.63, 3.8) is 0 Å². The third kappa shape index (κ3) is 5.60. The number of nitrogens with two attached hydrogens (primary N) is 1. The SMILES string of the molecule is CC(C)(C)CC(C)(C)n1nnnc1C(NC1CCC(N)CC1)c1ccc(F)cc1. The lowest BCUT2D eigenvalue weighted by atomic mass is 9.81. The van der Waals surface area contributed by atoms with Crippen molar-refractivity contribution < 1.29 is 4.39 Å². The van der Waals surface area contributed by atoms with E-state index < -0.39 is 0 Å². The molecule has 0 radical (unpaired) electrons. The first-order valence-corrected chi connectivity index (χ1v) is 10.6. The van der Waals surface area contributed by atoms with Crippen LogP contribution in [0.15, 0.2) is 24.3 Å². The zero-order chi connectivity index (χ0) is 21.2. The average molecular weight is 403 g/mol. The van der Waals surface area contributed by atoms with E-state index in [9.17, 15) is 4.39 Å². The molecule has 3 N–H and O–H groups in total. The van der Waals surface area contributed by atoms with E-state index in [2.05, 4.69) is 55.5 Å². The van der Waals surface area contributed by atoms with Gasteiger partial charge in [0, 0.05) is 12.1 Å². The summed E-state index contributed by atoms with van der Waals surface area (Å²) in [5, 5.41) is 16.5. The number of benzene rings is 1. The van der Waals surface area contributed by atoms with Crippen molar-refractivity contribution in [2.45, 2.75) is 90.4 Å². The van der Waals surface area contributed by atoms with E-state index in [-0.39, 0.29) is 28.9 Å². The van der Waals surface area contributed by atoms with Crippen LogP contribution >= 0.6 is 0 Å². The third-order valence-corrected chi connectivity index (χ3v) is 5.67. The number of nitrogens with one attached hydrogen (secondary N) is 1. The van der Waals surface area contributed by atoms with Gasteiger partial charge in [-0.2, -0.15) is 0 Å². The van der Waals surface area contributed by atoms with Crippen LogP contribution in [-0.2, 0) is 5.54 Å². The number of tetrazole rings is 1. The van der Waals surface area contributed by atoms with Crippen molar-refractivity contribution in [3.8, 4) is 0 Å². The van der Waals surface area contributed by atoms with Gasteiger partial charge in [-0.1, -0.05) is 32.9 Å². The van der Waals surface area contributed by atoms with Crippen molar-refractivity contribution in [3.05, 3.63) is 41.5 Å². The van der Waals surface area contributed by atoms with Crippen LogP contribution in [0.4, 0.5) is 4.39 Å². The zero-order valence-electron chi connectivity index (χ0n) is 18.3. The van der Waals surface area contributed by atoms with Gasteiger partial charge in [-0.15, -0.1) is 5.10 Å². The molecule has 7 heteroatoms. The Morgan fingerprint density at radius 3 is 2.31 bits per heavy atom. The molecule has 3 rings (SSSR count). The molecule has 29 heavy (non-hydrogen) atoms. The predicted octanol–water partition coefficient (Wildman–Crippen LogP) is 3.93. The maximum absolute atomic E-state index is 13.6. The maximum Gasteiger partial charge on any atom is 0.173 e. The molecule has 1 aliphatic rings. The molecule has 0 saturated heterocycles. The van der Waals surface area contributed by atoms with E-state index in [0.717, 1.165) is 43.5 Å². The minimum absolute atomic E-state index is 0.130. The van der Waals surface area contributed by atoms with Gasteiger partial charge in [0.2, 0.25) is 0 Å². The highest BCUT2D eigenvalue weighted by Gasteiger charge is 2.34. The Bertz CT molecular complexity index is 784. The Kier molecular flexibility index (Phi) is 6.39. The monoisotopic (exact) mass is 402 g/mol. The van der Waals surface area contributed by atoms with E-state index >= 15 is 0 Å². The van der Waals surface area contributed by atoms with Gasteiger partial charge in [-0.3, -0.25) is 0 Å². The first kappa shape index (κ1) is 21.8. The van der Waals surface area contributed by atoms with Crippen molar-refractivity contribution in [1.29, 1.82) is 0 Å². The molecule has 1 heterocycles. The van der Waals surface area contributed by atoms with Gasteiger partial charge in [0.25, 0.3) is 0 Å². The summed E-state index contributed by atoms with van der Waals surface area (Å²) in [4.78, 5) is 0. The Morgan fingerprint density at radius 2 is 1.72 bits per heavy atom. The summed E-state index contributed by atoms with van der Waals surface area (Å²) in [6.07, 6.45) is 4.98. The van der Waals surface area contributed by atoms with Crippen LogP contribution in [0.25, 0.3) is 0 Å². The molecule has 1 aliphatic carbocycles. The van der Waals surface area contributed by atoms with E-state index in [4.69, 9.17) is 5.73 Å². The molecule has 1 saturated carbocycles. The van der Waals surface area contributed by atoms with Crippen LogP contribution in [-0.4, -0.2) is 32.3 Å². The minimum Gasteiger partial charge on any atom is -0.328 e. The summed E-state index contributed by atoms with van der Waals surface area (Å²) in [6, 6.07) is 7.04. The van der Waals surface area contributed by atoms with Gasteiger partial charge in [0.15, 0.2) is 5.82 Å². The molecule has 1 fully saturated rings. The number of halogens is 1. The number of hydrogen-bond acceptors (Lipinski definition) is 5. The van der Waals surface area contributed by atoms with Gasteiger partial charge in [0.05, 0.1) is 11.6 Å². The second kappa shape index (κ2) is 8.48. The molecule has 0 spiro atoms. The molecular formula is C22H35FN6. The van der Waals surface area contributed by atoms with Gasteiger partial charge in [-0.05, 0) is 79.5 Å². The highest BCUT2D eigenvalue weighted by atomic mass is 19.1. The number of aromatic nitrogens is 4. The van der Waals surface area contributed by atoms with Gasteiger partial charge >= 0.3 is 0 Å². The van der Waals surface area contributed by atoms with Crippen LogP contribution in [0.2, 0.25) is 0 Å². The summed E-state index contributed by atoms with van der Waals surface area (Å²) in [5.74, 6) is 0.518. The van der Waals surface area contributed by atoms with E-state index in [1.165, 1.54) is 12.1 Å². The summed E-state index contributed by atoms with van der Waals surface area (Å²) >= 11 is 0. The van der Waals surface area contributed by atoms with Crippen LogP contribution in [0.3, 0.4) is 0 Å². The lowest BCUT2D eigenvalue weighted by Gasteiger charge is -2.35. The predicted molar refractivity (Wildman–Crippen MR) is 113 cm³/mol. The van der Waals surface area contributed by atoms with Gasteiger partial charge in [-0.25, -0.2) is 9.07 Å². The molecule has 1 atom stereocenters. The van der Waals surface area contributed by atoms with Crippen molar-refractivity contribution in [2.75, 3.05) is 0 Å². The fourth-order valence-corrected chi connectivity index (χ4v) is 4.67. The summed E-state index contributed by atoms with van der Waals surface area (Å²) in [6.45, 7) is 11.0. The second-order valence-corrected chi connectivity index (χ2v) is 10.3. The minimum atomic E-state index is -0.258. The van der Waals surface area contributed by atoms with Gasteiger partial charge < -0.3 is 11.1 Å². The standard InChI is InChI=1S/C22H35FN6/c1-21(2,3)14-22(4,5)29-20(26-27-28-29)19(15-6-8-16(23)9-7-15)25-18-12-10-17(24)11-13-18/h6-9,17-19,25H,10-14,24H2,1-5H3. The lowest BCUT2D eigenvalue weighted by Crippen LogP contribution is -2.42. The highest BCUT2D eigenvalue weighted by molar-refractivity contribution is 5.25.